The Bertz CT molecular complexity index is 1320. The van der Waals surface area contributed by atoms with Crippen LogP contribution in [0.4, 0.5) is 5.69 Å². The molecular formula is C25H23N3O2S2. The summed E-state index contributed by atoms with van der Waals surface area (Å²) in [6.45, 7) is 0. The van der Waals surface area contributed by atoms with Gasteiger partial charge in [-0.3, -0.25) is 4.57 Å². The van der Waals surface area contributed by atoms with Crippen LogP contribution in [0.25, 0.3) is 28.4 Å². The lowest BCUT2D eigenvalue weighted by Crippen LogP contribution is -2.07. The molecule has 0 fully saturated rings. The Morgan fingerprint density at radius 3 is 2.47 bits per heavy atom. The average Bonchev–Trinajstić information content (AvgIpc) is 3.11. The molecule has 2 heterocycles. The molecule has 162 valence electrons. The minimum absolute atomic E-state index is 0.0532. The van der Waals surface area contributed by atoms with Crippen molar-refractivity contribution < 1.29 is 9.84 Å². The summed E-state index contributed by atoms with van der Waals surface area (Å²) >= 11 is 6.86. The quantitative estimate of drug-likeness (QED) is 0.343. The molecule has 4 rings (SSSR count). The van der Waals surface area contributed by atoms with E-state index in [1.807, 2.05) is 68.7 Å². The van der Waals surface area contributed by atoms with Gasteiger partial charge in [0.2, 0.25) is 5.88 Å². The van der Waals surface area contributed by atoms with Gasteiger partial charge in [0.15, 0.2) is 3.95 Å². The van der Waals surface area contributed by atoms with Crippen LogP contribution < -0.4 is 9.64 Å². The molecule has 5 nitrogen and oxygen atoms in total. The van der Waals surface area contributed by atoms with Gasteiger partial charge in [0.05, 0.1) is 24.2 Å². The topological polar surface area (TPSA) is 50.5 Å². The zero-order valence-corrected chi connectivity index (χ0v) is 19.7. The highest BCUT2D eigenvalue weighted by atomic mass is 32.1. The highest BCUT2D eigenvalue weighted by Crippen LogP contribution is 2.39. The third kappa shape index (κ3) is 4.44. The van der Waals surface area contributed by atoms with E-state index in [4.69, 9.17) is 21.9 Å². The van der Waals surface area contributed by atoms with Crippen molar-refractivity contribution in [2.45, 2.75) is 0 Å². The second-order valence-corrected chi connectivity index (χ2v) is 8.94. The molecule has 0 unspecified atom stereocenters. The van der Waals surface area contributed by atoms with Crippen molar-refractivity contribution in [3.05, 3.63) is 81.9 Å². The number of aromatic hydroxyl groups is 1. The van der Waals surface area contributed by atoms with Crippen LogP contribution in [0.3, 0.4) is 0 Å². The smallest absolute Gasteiger partial charge is 0.217 e. The van der Waals surface area contributed by atoms with Gasteiger partial charge in [-0.1, -0.05) is 47.7 Å². The number of hydrogen-bond acceptors (Lipinski definition) is 6. The summed E-state index contributed by atoms with van der Waals surface area (Å²) in [5.41, 5.74) is 4.39. The van der Waals surface area contributed by atoms with Crippen molar-refractivity contribution in [2.75, 3.05) is 26.1 Å². The number of nitrogens with zero attached hydrogens (tertiary/aromatic N) is 3. The molecule has 0 atom stereocenters. The molecular weight excluding hydrogens is 438 g/mol. The Kier molecular flexibility index (Phi) is 6.39. The van der Waals surface area contributed by atoms with Crippen LogP contribution >= 0.6 is 23.6 Å². The monoisotopic (exact) mass is 461 g/mol. The summed E-state index contributed by atoms with van der Waals surface area (Å²) in [6, 6.07) is 21.5. The maximum absolute atomic E-state index is 11.0. The van der Waals surface area contributed by atoms with E-state index >= 15 is 0 Å². The molecule has 2 aromatic heterocycles. The first-order chi connectivity index (χ1) is 15.5. The van der Waals surface area contributed by atoms with Crippen molar-refractivity contribution in [1.82, 2.24) is 9.55 Å². The Balaban J connectivity index is 1.66. The van der Waals surface area contributed by atoms with Crippen molar-refractivity contribution in [3.63, 3.8) is 0 Å². The van der Waals surface area contributed by atoms with E-state index in [2.05, 4.69) is 29.2 Å². The van der Waals surface area contributed by atoms with Crippen LogP contribution in [0, 0.1) is 3.95 Å². The zero-order chi connectivity index (χ0) is 22.7. The van der Waals surface area contributed by atoms with Gasteiger partial charge in [0.25, 0.3) is 0 Å². The van der Waals surface area contributed by atoms with E-state index in [9.17, 15) is 5.11 Å². The predicted molar refractivity (Wildman–Crippen MR) is 136 cm³/mol. The fraction of sp³-hybridized carbons (Fsp3) is 0.120. The van der Waals surface area contributed by atoms with Gasteiger partial charge < -0.3 is 14.7 Å². The SMILES string of the molecule is COc1ccccc1-n1c(O)c(-c2cccc(/C=C/c3ccc(N(C)C)cc3)n2)sc1=S. The number of anilines is 1. The first kappa shape index (κ1) is 21.8. The molecule has 4 aromatic rings. The van der Waals surface area contributed by atoms with E-state index in [1.165, 1.54) is 11.3 Å². The second-order valence-electron chi connectivity index (χ2n) is 7.29. The van der Waals surface area contributed by atoms with E-state index in [-0.39, 0.29) is 5.88 Å². The van der Waals surface area contributed by atoms with Gasteiger partial charge >= 0.3 is 0 Å². The summed E-state index contributed by atoms with van der Waals surface area (Å²) < 4.78 is 7.57. The molecule has 0 bridgehead atoms. The van der Waals surface area contributed by atoms with Crippen molar-refractivity contribution in [1.29, 1.82) is 0 Å². The Morgan fingerprint density at radius 2 is 1.75 bits per heavy atom. The number of thiazole rings is 1. The lowest BCUT2D eigenvalue weighted by atomic mass is 10.1. The first-order valence-corrected chi connectivity index (χ1v) is 11.2. The van der Waals surface area contributed by atoms with E-state index in [0.717, 1.165) is 16.9 Å². The van der Waals surface area contributed by atoms with Crippen LogP contribution in [0.5, 0.6) is 11.6 Å². The summed E-state index contributed by atoms with van der Waals surface area (Å²) in [6.07, 6.45) is 3.98. The molecule has 1 N–H and O–H groups in total. The molecule has 2 aromatic carbocycles. The van der Waals surface area contributed by atoms with Gasteiger partial charge in [-0.2, -0.15) is 0 Å². The Hall–Kier alpha value is -3.42. The number of pyridine rings is 1. The predicted octanol–water partition coefficient (Wildman–Crippen LogP) is 6.28. The van der Waals surface area contributed by atoms with Crippen LogP contribution in [-0.4, -0.2) is 35.9 Å². The first-order valence-electron chi connectivity index (χ1n) is 9.99. The molecule has 0 aliphatic heterocycles. The average molecular weight is 462 g/mol. The number of para-hydroxylation sites is 2. The normalized spacial score (nSPS) is 11.1. The van der Waals surface area contributed by atoms with Crippen LogP contribution in [0.2, 0.25) is 0 Å². The lowest BCUT2D eigenvalue weighted by molar-refractivity contribution is 0.406. The van der Waals surface area contributed by atoms with E-state index < -0.39 is 0 Å². The molecule has 0 aliphatic carbocycles. The number of rotatable bonds is 6. The number of methoxy groups -OCH3 is 1. The molecule has 7 heteroatoms. The third-order valence-electron chi connectivity index (χ3n) is 4.97. The molecule has 0 spiro atoms. The second kappa shape index (κ2) is 9.38. The molecule has 0 radical (unpaired) electrons. The van der Waals surface area contributed by atoms with E-state index in [1.54, 1.807) is 11.7 Å². The lowest BCUT2D eigenvalue weighted by Gasteiger charge is -2.11. The molecule has 0 saturated heterocycles. The van der Waals surface area contributed by atoms with Gasteiger partial charge in [-0.25, -0.2) is 4.98 Å². The van der Waals surface area contributed by atoms with Crippen molar-refractivity contribution in [2.24, 2.45) is 0 Å². The number of aromatic nitrogens is 2. The summed E-state index contributed by atoms with van der Waals surface area (Å²) in [5, 5.41) is 11.0. The maximum Gasteiger partial charge on any atom is 0.217 e. The summed E-state index contributed by atoms with van der Waals surface area (Å²) in [5.74, 6) is 0.686. The highest BCUT2D eigenvalue weighted by molar-refractivity contribution is 7.73. The van der Waals surface area contributed by atoms with Crippen LogP contribution in [-0.2, 0) is 0 Å². The standard InChI is InChI=1S/C25H23N3O2S2/c1-27(2)19-15-12-17(13-16-19)11-14-18-7-6-8-20(26-18)23-24(29)28(25(31)32-23)21-9-4-5-10-22(21)30-3/h4-16,29H,1-3H3/b14-11+. The third-order valence-corrected chi connectivity index (χ3v) is 6.36. The largest absolute Gasteiger partial charge is 0.495 e. The van der Waals surface area contributed by atoms with Gasteiger partial charge in [-0.05, 0) is 60.3 Å². The van der Waals surface area contributed by atoms with Gasteiger partial charge in [-0.15, -0.1) is 0 Å². The number of ether oxygens (including phenoxy) is 1. The van der Waals surface area contributed by atoms with Crippen LogP contribution in [0.1, 0.15) is 11.3 Å². The maximum atomic E-state index is 11.0. The number of benzene rings is 2. The van der Waals surface area contributed by atoms with Gasteiger partial charge in [0, 0.05) is 19.8 Å². The molecule has 0 saturated carbocycles. The van der Waals surface area contributed by atoms with Crippen LogP contribution in [0.15, 0.2) is 66.7 Å². The minimum Gasteiger partial charge on any atom is -0.495 e. The van der Waals surface area contributed by atoms with E-state index in [0.29, 0.717) is 26.0 Å². The Morgan fingerprint density at radius 1 is 1.00 bits per heavy atom. The fourth-order valence-corrected chi connectivity index (χ4v) is 4.58. The van der Waals surface area contributed by atoms with Gasteiger partial charge in [0.1, 0.15) is 10.6 Å². The van der Waals surface area contributed by atoms with Crippen molar-refractivity contribution in [3.8, 4) is 27.9 Å². The summed E-state index contributed by atoms with van der Waals surface area (Å²) in [7, 11) is 5.64. The van der Waals surface area contributed by atoms with Crippen molar-refractivity contribution >= 4 is 41.4 Å². The zero-order valence-electron chi connectivity index (χ0n) is 18.0. The highest BCUT2D eigenvalue weighted by Gasteiger charge is 2.18. The minimum atomic E-state index is 0.0532. The molecule has 0 amide bonds. The number of hydrogen-bond donors (Lipinski definition) is 1. The molecule has 0 aliphatic rings. The Labute approximate surface area is 196 Å². The molecule has 32 heavy (non-hydrogen) atoms. The fourth-order valence-electron chi connectivity index (χ4n) is 3.30. The summed E-state index contributed by atoms with van der Waals surface area (Å²) in [4.78, 5) is 7.40.